The number of carbonyl (C=O) groups excluding carboxylic acids is 4. The number of aliphatic hydroxyl groups excluding tert-OH is 2. The van der Waals surface area contributed by atoms with Crippen molar-refractivity contribution in [2.75, 3.05) is 14.2 Å². The van der Waals surface area contributed by atoms with E-state index in [1.165, 1.54) is 0 Å². The van der Waals surface area contributed by atoms with Crippen LogP contribution in [0.3, 0.4) is 0 Å². The Hall–Kier alpha value is -1.48. The Kier molecular flexibility index (Phi) is 5.86. The molecule has 0 bridgehead atoms. The van der Waals surface area contributed by atoms with Crippen molar-refractivity contribution in [3.63, 3.8) is 0 Å². The van der Waals surface area contributed by atoms with Gasteiger partial charge >= 0.3 is 11.9 Å². The zero-order valence-electron chi connectivity index (χ0n) is 15.6. The normalized spacial score (nSPS) is 38.7. The third-order valence-corrected chi connectivity index (χ3v) is 8.30. The summed E-state index contributed by atoms with van der Waals surface area (Å²) >= 11 is 25.3. The topological polar surface area (TPSA) is 127 Å². The summed E-state index contributed by atoms with van der Waals surface area (Å²) in [6.07, 6.45) is -0.324. The summed E-state index contributed by atoms with van der Waals surface area (Å²) in [4.78, 5) is 45.6. The molecule has 4 unspecified atom stereocenters. The lowest BCUT2D eigenvalue weighted by molar-refractivity contribution is -0.156. The zero-order chi connectivity index (χ0) is 22.8. The standard InChI is InChI=1S/C18H16Cl4O8/c1-29-15(27)17(21)7-3-6-8(4-5(7)9(19)11(23)13(17)25)18(22,16(28)30-2)14(26)12(24)10(6)20/h5-8,23-24H,3-4H2,1-2H3/t5?,6?,7?,8?,17-,18-/m1/s1. The van der Waals surface area contributed by atoms with Crippen LogP contribution in [0, 0.1) is 23.7 Å². The first-order valence-electron chi connectivity index (χ1n) is 8.70. The van der Waals surface area contributed by atoms with Crippen LogP contribution in [0.25, 0.3) is 0 Å². The molecule has 0 amide bonds. The number of hydrogen-bond acceptors (Lipinski definition) is 8. The summed E-state index contributed by atoms with van der Waals surface area (Å²) in [7, 11) is 2.05. The molecule has 164 valence electrons. The van der Waals surface area contributed by atoms with E-state index in [0.29, 0.717) is 0 Å². The highest BCUT2D eigenvalue weighted by Crippen LogP contribution is 2.60. The Morgan fingerprint density at radius 1 is 0.833 bits per heavy atom. The molecule has 0 aromatic heterocycles. The number of fused-ring (bicyclic) bond motifs is 2. The van der Waals surface area contributed by atoms with E-state index in [-0.39, 0.29) is 22.9 Å². The minimum Gasteiger partial charge on any atom is -0.503 e. The molecule has 2 N–H and O–H groups in total. The number of methoxy groups -OCH3 is 2. The zero-order valence-corrected chi connectivity index (χ0v) is 18.6. The molecule has 0 heterocycles. The Balaban J connectivity index is 2.21. The van der Waals surface area contributed by atoms with Crippen LogP contribution in [0.1, 0.15) is 12.8 Å². The molecule has 1 fully saturated rings. The average Bonchev–Trinajstić information content (AvgIpc) is 2.76. The predicted octanol–water partition coefficient (Wildman–Crippen LogP) is 2.73. The van der Waals surface area contributed by atoms with E-state index in [1.807, 2.05) is 0 Å². The number of carbonyl (C=O) groups is 4. The number of ether oxygens (including phenoxy) is 2. The number of allylic oxidation sites excluding steroid dienone is 4. The van der Waals surface area contributed by atoms with Gasteiger partial charge in [-0.3, -0.25) is 9.59 Å². The van der Waals surface area contributed by atoms with Crippen LogP contribution in [-0.2, 0) is 28.7 Å². The minimum absolute atomic E-state index is 0.162. The fourth-order valence-electron chi connectivity index (χ4n) is 4.68. The molecule has 6 atom stereocenters. The van der Waals surface area contributed by atoms with Crippen molar-refractivity contribution >= 4 is 69.9 Å². The highest BCUT2D eigenvalue weighted by molar-refractivity contribution is 6.51. The van der Waals surface area contributed by atoms with E-state index in [4.69, 9.17) is 46.4 Å². The van der Waals surface area contributed by atoms with Gasteiger partial charge in [-0.25, -0.2) is 9.59 Å². The Morgan fingerprint density at radius 3 is 1.40 bits per heavy atom. The summed E-state index contributed by atoms with van der Waals surface area (Å²) in [5, 5.41) is 19.9. The van der Waals surface area contributed by atoms with E-state index in [0.717, 1.165) is 14.2 Å². The largest absolute Gasteiger partial charge is 0.503 e. The maximum absolute atomic E-state index is 12.7. The van der Waals surface area contributed by atoms with Crippen LogP contribution in [-0.4, -0.2) is 57.7 Å². The van der Waals surface area contributed by atoms with Gasteiger partial charge in [0.15, 0.2) is 11.5 Å². The van der Waals surface area contributed by atoms with Crippen LogP contribution in [0.2, 0.25) is 0 Å². The van der Waals surface area contributed by atoms with E-state index >= 15 is 0 Å². The molecule has 3 aliphatic carbocycles. The Bertz CT molecular complexity index is 853. The molecule has 0 aliphatic heterocycles. The summed E-state index contributed by atoms with van der Waals surface area (Å²) < 4.78 is 9.35. The van der Waals surface area contributed by atoms with Gasteiger partial charge in [-0.15, -0.1) is 0 Å². The number of alkyl halides is 2. The third kappa shape index (κ3) is 2.80. The molecular weight excluding hydrogens is 486 g/mol. The molecule has 0 aromatic rings. The van der Waals surface area contributed by atoms with Gasteiger partial charge in [0.05, 0.1) is 24.3 Å². The van der Waals surface area contributed by atoms with Gasteiger partial charge in [-0.05, 0) is 12.8 Å². The highest BCUT2D eigenvalue weighted by atomic mass is 35.5. The lowest BCUT2D eigenvalue weighted by atomic mass is 9.56. The van der Waals surface area contributed by atoms with Gasteiger partial charge in [0.2, 0.25) is 21.3 Å². The van der Waals surface area contributed by atoms with Crippen molar-refractivity contribution in [3.05, 3.63) is 21.6 Å². The molecule has 3 aliphatic rings. The Labute approximate surface area is 190 Å². The van der Waals surface area contributed by atoms with Gasteiger partial charge < -0.3 is 19.7 Å². The second-order valence-electron chi connectivity index (χ2n) is 7.36. The number of halogens is 4. The summed E-state index contributed by atoms with van der Waals surface area (Å²) in [6, 6.07) is 0. The number of ketones is 2. The van der Waals surface area contributed by atoms with E-state index in [2.05, 4.69) is 9.47 Å². The van der Waals surface area contributed by atoms with E-state index < -0.39 is 68.4 Å². The quantitative estimate of drug-likeness (QED) is 0.336. The van der Waals surface area contributed by atoms with Gasteiger partial charge in [0.1, 0.15) is 0 Å². The van der Waals surface area contributed by atoms with Crippen LogP contribution in [0.5, 0.6) is 0 Å². The maximum atomic E-state index is 12.7. The van der Waals surface area contributed by atoms with Crippen molar-refractivity contribution < 1.29 is 38.9 Å². The second-order valence-corrected chi connectivity index (χ2v) is 9.36. The maximum Gasteiger partial charge on any atom is 0.335 e. The highest BCUT2D eigenvalue weighted by Gasteiger charge is 2.68. The fourth-order valence-corrected chi connectivity index (χ4v) is 6.15. The van der Waals surface area contributed by atoms with Gasteiger partial charge in [0.25, 0.3) is 0 Å². The summed E-state index contributed by atoms with van der Waals surface area (Å²) in [6.45, 7) is 0. The first-order chi connectivity index (χ1) is 13.9. The number of aliphatic hydroxyl groups is 2. The van der Waals surface area contributed by atoms with Crippen molar-refractivity contribution in [1.82, 2.24) is 0 Å². The van der Waals surface area contributed by atoms with Crippen molar-refractivity contribution in [1.29, 1.82) is 0 Å². The molecule has 1 saturated carbocycles. The number of Topliss-reactive ketones (excluding diaryl/α,β-unsaturated/α-hetero) is 2. The number of rotatable bonds is 2. The third-order valence-electron chi connectivity index (χ3n) is 6.17. The summed E-state index contributed by atoms with van der Waals surface area (Å²) in [5.74, 6) is -10.2. The monoisotopic (exact) mass is 500 g/mol. The van der Waals surface area contributed by atoms with Gasteiger partial charge in [0, 0.05) is 23.7 Å². The molecule has 30 heavy (non-hydrogen) atoms. The molecule has 0 aromatic carbocycles. The van der Waals surface area contributed by atoms with Gasteiger partial charge in [-0.2, -0.15) is 0 Å². The van der Waals surface area contributed by atoms with Crippen LogP contribution >= 0.6 is 46.4 Å². The average molecular weight is 502 g/mol. The molecule has 0 radical (unpaired) electrons. The van der Waals surface area contributed by atoms with Gasteiger partial charge in [-0.1, -0.05) is 46.4 Å². The second kappa shape index (κ2) is 7.58. The number of esters is 2. The Morgan fingerprint density at radius 2 is 1.13 bits per heavy atom. The molecule has 0 spiro atoms. The predicted molar refractivity (Wildman–Crippen MR) is 105 cm³/mol. The molecule has 12 heteroatoms. The van der Waals surface area contributed by atoms with Crippen molar-refractivity contribution in [3.8, 4) is 0 Å². The lowest BCUT2D eigenvalue weighted by Gasteiger charge is -2.51. The first kappa shape index (κ1) is 23.2. The van der Waals surface area contributed by atoms with E-state index in [1.54, 1.807) is 0 Å². The van der Waals surface area contributed by atoms with E-state index in [9.17, 15) is 29.4 Å². The number of hydrogen-bond donors (Lipinski definition) is 2. The van der Waals surface area contributed by atoms with Crippen LogP contribution in [0.4, 0.5) is 0 Å². The van der Waals surface area contributed by atoms with Crippen LogP contribution < -0.4 is 0 Å². The van der Waals surface area contributed by atoms with Crippen molar-refractivity contribution in [2.24, 2.45) is 23.7 Å². The lowest BCUT2D eigenvalue weighted by Crippen LogP contribution is -2.62. The molecule has 0 saturated heterocycles. The van der Waals surface area contributed by atoms with Crippen LogP contribution in [0.15, 0.2) is 21.6 Å². The molecule has 3 rings (SSSR count). The van der Waals surface area contributed by atoms with Crippen molar-refractivity contribution in [2.45, 2.75) is 22.6 Å². The minimum atomic E-state index is -2.32. The smallest absolute Gasteiger partial charge is 0.335 e. The summed E-state index contributed by atoms with van der Waals surface area (Å²) in [5.41, 5.74) is 0. The fraction of sp³-hybridized carbons (Fsp3) is 0.556. The molecule has 8 nitrogen and oxygen atoms in total. The molecular formula is C18H16Cl4O8. The SMILES string of the molecule is COC(=O)[C@]1(Cl)C(=O)C(O)=C(Cl)C2CC3C(CC21)C(Cl)=C(O)C(=O)[C@@]3(Cl)C(=O)OC. The first-order valence-corrected chi connectivity index (χ1v) is 10.2.